The predicted octanol–water partition coefficient (Wildman–Crippen LogP) is 4.19. The first-order valence-electron chi connectivity index (χ1n) is 7.07. The number of Topliss-reactive ketones (excluding diaryl/α,β-unsaturated/α-hetero) is 1. The lowest BCUT2D eigenvalue weighted by Crippen LogP contribution is -2.37. The summed E-state index contributed by atoms with van der Waals surface area (Å²) in [6.07, 6.45) is 10.7. The van der Waals surface area contributed by atoms with Gasteiger partial charge >= 0.3 is 0 Å². The van der Waals surface area contributed by atoms with Crippen LogP contribution in [0, 0.1) is 11.3 Å². The molecule has 3 aliphatic rings. The van der Waals surface area contributed by atoms with Crippen LogP contribution in [0.4, 0.5) is 0 Å². The van der Waals surface area contributed by atoms with Crippen molar-refractivity contribution in [2.45, 2.75) is 58.8 Å². The maximum absolute atomic E-state index is 11.9. The van der Waals surface area contributed by atoms with Gasteiger partial charge in [-0.15, -0.1) is 0 Å². The molecule has 0 bridgehead atoms. The van der Waals surface area contributed by atoms with Crippen molar-refractivity contribution in [2.24, 2.45) is 11.3 Å². The van der Waals surface area contributed by atoms with E-state index in [-0.39, 0.29) is 5.41 Å². The number of fused-ring (bicyclic) bond motifs is 3. The number of carbonyl (C=O) groups is 1. The van der Waals surface area contributed by atoms with Crippen LogP contribution < -0.4 is 0 Å². The third-order valence-corrected chi connectivity index (χ3v) is 5.33. The van der Waals surface area contributed by atoms with Gasteiger partial charge in [0.1, 0.15) is 0 Å². The van der Waals surface area contributed by atoms with Crippen molar-refractivity contribution in [3.63, 3.8) is 0 Å². The first-order valence-corrected chi connectivity index (χ1v) is 7.07. The predicted molar refractivity (Wildman–Crippen MR) is 69.7 cm³/mol. The lowest BCUT2D eigenvalue weighted by Gasteiger charge is -2.48. The first kappa shape index (κ1) is 11.3. The van der Waals surface area contributed by atoms with E-state index >= 15 is 0 Å². The molecule has 1 nitrogen and oxygen atoms in total. The number of hydrogen-bond acceptors (Lipinski definition) is 1. The van der Waals surface area contributed by atoms with Crippen LogP contribution in [-0.4, -0.2) is 5.78 Å². The molecule has 3 aliphatic carbocycles. The molecular weight excluding hydrogens is 208 g/mol. The zero-order valence-corrected chi connectivity index (χ0v) is 11.0. The van der Waals surface area contributed by atoms with Crippen LogP contribution in [0.2, 0.25) is 0 Å². The lowest BCUT2D eigenvalue weighted by atomic mass is 9.56. The van der Waals surface area contributed by atoms with Gasteiger partial charge in [0.2, 0.25) is 0 Å². The molecule has 0 heterocycles. The molecule has 17 heavy (non-hydrogen) atoms. The summed E-state index contributed by atoms with van der Waals surface area (Å²) in [5.41, 5.74) is 4.47. The highest BCUT2D eigenvalue weighted by Gasteiger charge is 2.44. The Balaban J connectivity index is 2.09. The van der Waals surface area contributed by atoms with Crippen molar-refractivity contribution in [3.8, 4) is 0 Å². The van der Waals surface area contributed by atoms with Gasteiger partial charge in [0.05, 0.1) is 0 Å². The zero-order valence-electron chi connectivity index (χ0n) is 11.0. The van der Waals surface area contributed by atoms with Gasteiger partial charge < -0.3 is 0 Å². The Morgan fingerprint density at radius 1 is 1.29 bits per heavy atom. The SMILES string of the molecule is CC1=C2CCC3CCCC=C3C2(C)CCC1=O. The smallest absolute Gasteiger partial charge is 0.158 e. The summed E-state index contributed by atoms with van der Waals surface area (Å²) >= 11 is 0. The lowest BCUT2D eigenvalue weighted by molar-refractivity contribution is -0.116. The van der Waals surface area contributed by atoms with Crippen LogP contribution in [0.3, 0.4) is 0 Å². The third kappa shape index (κ3) is 1.55. The van der Waals surface area contributed by atoms with Crippen LogP contribution in [0.1, 0.15) is 58.8 Å². The van der Waals surface area contributed by atoms with Crippen molar-refractivity contribution in [1.82, 2.24) is 0 Å². The number of allylic oxidation sites excluding steroid dienone is 4. The molecule has 2 unspecified atom stereocenters. The molecule has 0 N–H and O–H groups in total. The molecule has 1 fully saturated rings. The second-order valence-electron chi connectivity index (χ2n) is 6.18. The molecule has 0 radical (unpaired) electrons. The van der Waals surface area contributed by atoms with Crippen molar-refractivity contribution < 1.29 is 4.79 Å². The fourth-order valence-corrected chi connectivity index (χ4v) is 4.30. The van der Waals surface area contributed by atoms with E-state index in [1.165, 1.54) is 31.3 Å². The van der Waals surface area contributed by atoms with Gasteiger partial charge in [0.25, 0.3) is 0 Å². The minimum atomic E-state index is 0.237. The summed E-state index contributed by atoms with van der Waals surface area (Å²) < 4.78 is 0. The van der Waals surface area contributed by atoms with E-state index in [9.17, 15) is 4.79 Å². The van der Waals surface area contributed by atoms with Gasteiger partial charge in [-0.05, 0) is 56.9 Å². The fraction of sp³-hybridized carbons (Fsp3) is 0.688. The molecule has 0 aromatic carbocycles. The van der Waals surface area contributed by atoms with Crippen LogP contribution in [0.5, 0.6) is 0 Å². The molecular formula is C16H22O. The second-order valence-corrected chi connectivity index (χ2v) is 6.18. The summed E-state index contributed by atoms with van der Waals surface area (Å²) in [7, 11) is 0. The van der Waals surface area contributed by atoms with E-state index in [1.54, 1.807) is 5.57 Å². The maximum atomic E-state index is 11.9. The average Bonchev–Trinajstić information content (AvgIpc) is 2.35. The molecule has 1 saturated carbocycles. The largest absolute Gasteiger partial charge is 0.295 e. The minimum Gasteiger partial charge on any atom is -0.295 e. The molecule has 2 atom stereocenters. The minimum absolute atomic E-state index is 0.237. The zero-order chi connectivity index (χ0) is 12.0. The highest BCUT2D eigenvalue weighted by atomic mass is 16.1. The molecule has 0 amide bonds. The molecule has 0 aromatic rings. The summed E-state index contributed by atoms with van der Waals surface area (Å²) in [6, 6.07) is 0. The Labute approximate surface area is 104 Å². The monoisotopic (exact) mass is 230 g/mol. The fourth-order valence-electron chi connectivity index (χ4n) is 4.30. The topological polar surface area (TPSA) is 17.1 Å². The molecule has 3 rings (SSSR count). The standard InChI is InChI=1S/C16H22O/c1-11-13-8-7-12-5-3-4-6-14(12)16(13,2)10-9-15(11)17/h6,12H,3-5,7-10H2,1-2H3. The normalized spacial score (nSPS) is 37.4. The van der Waals surface area contributed by atoms with Crippen LogP contribution >= 0.6 is 0 Å². The molecule has 0 saturated heterocycles. The summed E-state index contributed by atoms with van der Waals surface area (Å²) in [6.45, 7) is 4.44. The molecule has 0 spiro atoms. The van der Waals surface area contributed by atoms with E-state index in [0.29, 0.717) is 5.78 Å². The van der Waals surface area contributed by atoms with Crippen LogP contribution in [0.25, 0.3) is 0 Å². The first-order chi connectivity index (χ1) is 8.13. The van der Waals surface area contributed by atoms with Crippen LogP contribution in [0.15, 0.2) is 22.8 Å². The van der Waals surface area contributed by atoms with E-state index in [1.807, 2.05) is 0 Å². The Bertz CT molecular complexity index is 427. The Morgan fingerprint density at radius 3 is 2.94 bits per heavy atom. The molecule has 1 heteroatoms. The maximum Gasteiger partial charge on any atom is 0.158 e. The van der Waals surface area contributed by atoms with Crippen molar-refractivity contribution >= 4 is 5.78 Å². The number of ketones is 1. The Hall–Kier alpha value is -0.850. The summed E-state index contributed by atoms with van der Waals surface area (Å²) in [5, 5.41) is 0. The highest BCUT2D eigenvalue weighted by Crippen LogP contribution is 2.55. The van der Waals surface area contributed by atoms with Crippen molar-refractivity contribution in [1.29, 1.82) is 0 Å². The molecule has 0 aliphatic heterocycles. The quantitative estimate of drug-likeness (QED) is 0.570. The number of hydrogen-bond donors (Lipinski definition) is 0. The van der Waals surface area contributed by atoms with E-state index in [0.717, 1.165) is 30.8 Å². The van der Waals surface area contributed by atoms with Gasteiger partial charge in [-0.25, -0.2) is 0 Å². The average molecular weight is 230 g/mol. The van der Waals surface area contributed by atoms with Gasteiger partial charge in [0, 0.05) is 11.8 Å². The van der Waals surface area contributed by atoms with Crippen molar-refractivity contribution in [2.75, 3.05) is 0 Å². The van der Waals surface area contributed by atoms with Gasteiger partial charge in [-0.2, -0.15) is 0 Å². The second kappa shape index (κ2) is 3.83. The third-order valence-electron chi connectivity index (χ3n) is 5.33. The van der Waals surface area contributed by atoms with Gasteiger partial charge in [-0.3, -0.25) is 4.79 Å². The summed E-state index contributed by atoms with van der Waals surface area (Å²) in [5.74, 6) is 1.21. The van der Waals surface area contributed by atoms with E-state index in [4.69, 9.17) is 0 Å². The molecule has 92 valence electrons. The molecule has 0 aromatic heterocycles. The van der Waals surface area contributed by atoms with E-state index < -0.39 is 0 Å². The van der Waals surface area contributed by atoms with Gasteiger partial charge in [0.15, 0.2) is 5.78 Å². The van der Waals surface area contributed by atoms with Crippen molar-refractivity contribution in [3.05, 3.63) is 22.8 Å². The van der Waals surface area contributed by atoms with Gasteiger partial charge in [-0.1, -0.05) is 24.1 Å². The number of carbonyl (C=O) groups excluding carboxylic acids is 1. The van der Waals surface area contributed by atoms with Crippen LogP contribution in [-0.2, 0) is 4.79 Å². The summed E-state index contributed by atoms with van der Waals surface area (Å²) in [4.78, 5) is 11.9. The highest BCUT2D eigenvalue weighted by molar-refractivity contribution is 5.97. The van der Waals surface area contributed by atoms with E-state index in [2.05, 4.69) is 19.9 Å². The Morgan fingerprint density at radius 2 is 2.12 bits per heavy atom. The Kier molecular flexibility index (Phi) is 2.53. The number of rotatable bonds is 0.